The molecule has 0 amide bonds. The summed E-state index contributed by atoms with van der Waals surface area (Å²) in [5.74, 6) is 1.51. The van der Waals surface area contributed by atoms with Crippen molar-refractivity contribution in [1.82, 2.24) is 15.5 Å². The number of hydrogen-bond acceptors (Lipinski definition) is 2. The number of benzene rings is 1. The van der Waals surface area contributed by atoms with E-state index in [1.54, 1.807) is 0 Å². The molecule has 0 aromatic heterocycles. The van der Waals surface area contributed by atoms with Gasteiger partial charge in [0.1, 0.15) is 0 Å². The summed E-state index contributed by atoms with van der Waals surface area (Å²) in [6.07, 6.45) is 0. The van der Waals surface area contributed by atoms with Crippen LogP contribution >= 0.6 is 15.9 Å². The summed E-state index contributed by atoms with van der Waals surface area (Å²) >= 11 is 3.46. The molecule has 2 unspecified atom stereocenters. The van der Waals surface area contributed by atoms with Crippen molar-refractivity contribution in [3.8, 4) is 0 Å². The van der Waals surface area contributed by atoms with Gasteiger partial charge in [-0.05, 0) is 37.5 Å². The number of rotatable bonds is 4. The summed E-state index contributed by atoms with van der Waals surface area (Å²) in [5.41, 5.74) is 1.24. The molecule has 22 heavy (non-hydrogen) atoms. The first-order valence-corrected chi connectivity index (χ1v) is 8.74. The van der Waals surface area contributed by atoms with E-state index in [-0.39, 0.29) is 0 Å². The molecule has 2 rings (SSSR count). The molecule has 0 bridgehead atoms. The second kappa shape index (κ2) is 7.97. The first-order valence-electron chi connectivity index (χ1n) is 7.95. The Morgan fingerprint density at radius 2 is 2.00 bits per heavy atom. The van der Waals surface area contributed by atoms with Crippen LogP contribution in [0.3, 0.4) is 0 Å². The van der Waals surface area contributed by atoms with Crippen molar-refractivity contribution in [2.75, 3.05) is 20.1 Å². The molecule has 0 saturated carbocycles. The minimum atomic E-state index is 0.457. The quantitative estimate of drug-likeness (QED) is 0.635. The van der Waals surface area contributed by atoms with Gasteiger partial charge < -0.3 is 10.6 Å². The smallest absolute Gasteiger partial charge is 0.191 e. The fourth-order valence-electron chi connectivity index (χ4n) is 2.77. The fraction of sp³-hybridized carbons (Fsp3) is 0.588. The second-order valence-corrected chi connectivity index (χ2v) is 7.24. The van der Waals surface area contributed by atoms with E-state index >= 15 is 0 Å². The largest absolute Gasteiger partial charge is 0.352 e. The van der Waals surface area contributed by atoms with Gasteiger partial charge in [-0.15, -0.1) is 0 Å². The summed E-state index contributed by atoms with van der Waals surface area (Å²) < 4.78 is 1.10. The van der Waals surface area contributed by atoms with Crippen LogP contribution in [-0.2, 0) is 6.54 Å². The average Bonchev–Trinajstić information content (AvgIpc) is 2.86. The Labute approximate surface area is 142 Å². The molecule has 5 heteroatoms. The van der Waals surface area contributed by atoms with Crippen LogP contribution in [-0.4, -0.2) is 43.1 Å². The van der Waals surface area contributed by atoms with E-state index in [9.17, 15) is 0 Å². The molecule has 122 valence electrons. The highest BCUT2D eigenvalue weighted by atomic mass is 79.9. The maximum atomic E-state index is 4.36. The van der Waals surface area contributed by atoms with E-state index in [0.29, 0.717) is 18.0 Å². The van der Waals surface area contributed by atoms with Crippen molar-refractivity contribution >= 4 is 21.9 Å². The van der Waals surface area contributed by atoms with Crippen LogP contribution < -0.4 is 10.6 Å². The SMILES string of the molecule is CN=C(NCc1ccc(Br)cc1)NC1CN(C(C)C)CC1C. The summed E-state index contributed by atoms with van der Waals surface area (Å²) in [6.45, 7) is 9.84. The molecule has 4 nitrogen and oxygen atoms in total. The monoisotopic (exact) mass is 366 g/mol. The van der Waals surface area contributed by atoms with Crippen LogP contribution in [0.2, 0.25) is 0 Å². The lowest BCUT2D eigenvalue weighted by atomic mass is 10.1. The molecule has 1 fully saturated rings. The van der Waals surface area contributed by atoms with Gasteiger partial charge in [0.15, 0.2) is 5.96 Å². The van der Waals surface area contributed by atoms with E-state index in [4.69, 9.17) is 0 Å². The maximum absolute atomic E-state index is 4.36. The van der Waals surface area contributed by atoms with Crippen LogP contribution in [0.25, 0.3) is 0 Å². The summed E-state index contributed by atoms with van der Waals surface area (Å²) in [6, 6.07) is 9.41. The number of halogens is 1. The predicted octanol–water partition coefficient (Wildman–Crippen LogP) is 2.84. The van der Waals surface area contributed by atoms with Crippen molar-refractivity contribution in [2.45, 2.75) is 39.4 Å². The molecule has 1 saturated heterocycles. The summed E-state index contributed by atoms with van der Waals surface area (Å²) in [7, 11) is 1.83. The van der Waals surface area contributed by atoms with Crippen LogP contribution in [0.4, 0.5) is 0 Å². The summed E-state index contributed by atoms with van der Waals surface area (Å²) in [4.78, 5) is 6.87. The Bertz CT molecular complexity index is 498. The zero-order valence-electron chi connectivity index (χ0n) is 13.9. The van der Waals surface area contributed by atoms with E-state index in [1.807, 2.05) is 7.05 Å². The number of likely N-dealkylation sites (tertiary alicyclic amines) is 1. The van der Waals surface area contributed by atoms with Crippen LogP contribution in [0.15, 0.2) is 33.7 Å². The minimum Gasteiger partial charge on any atom is -0.352 e. The fourth-order valence-corrected chi connectivity index (χ4v) is 3.04. The zero-order chi connectivity index (χ0) is 16.1. The van der Waals surface area contributed by atoms with Crippen molar-refractivity contribution < 1.29 is 0 Å². The van der Waals surface area contributed by atoms with E-state index < -0.39 is 0 Å². The van der Waals surface area contributed by atoms with Gasteiger partial charge in [-0.1, -0.05) is 35.0 Å². The number of nitrogens with one attached hydrogen (secondary N) is 2. The van der Waals surface area contributed by atoms with Gasteiger partial charge in [0.2, 0.25) is 0 Å². The Morgan fingerprint density at radius 3 is 2.55 bits per heavy atom. The molecule has 0 radical (unpaired) electrons. The highest BCUT2D eigenvalue weighted by molar-refractivity contribution is 9.10. The highest BCUT2D eigenvalue weighted by Crippen LogP contribution is 2.18. The first-order chi connectivity index (χ1) is 10.5. The standard InChI is InChI=1S/C17H27BrN4/c1-12(2)22-10-13(3)16(11-22)21-17(19-4)20-9-14-5-7-15(18)8-6-14/h5-8,12-13,16H,9-11H2,1-4H3,(H2,19,20,21). The number of hydrogen-bond donors (Lipinski definition) is 2. The van der Waals surface area contributed by atoms with Crippen molar-refractivity contribution in [3.63, 3.8) is 0 Å². The Hall–Kier alpha value is -1.07. The second-order valence-electron chi connectivity index (χ2n) is 6.33. The molecule has 1 heterocycles. The third kappa shape index (κ3) is 4.71. The Kier molecular flexibility index (Phi) is 6.26. The van der Waals surface area contributed by atoms with Crippen molar-refractivity contribution in [3.05, 3.63) is 34.3 Å². The van der Waals surface area contributed by atoms with Gasteiger partial charge in [-0.3, -0.25) is 9.89 Å². The molecule has 1 aliphatic heterocycles. The molecular weight excluding hydrogens is 340 g/mol. The lowest BCUT2D eigenvalue weighted by molar-refractivity contribution is 0.265. The number of aliphatic imine (C=N–C) groups is 1. The molecular formula is C17H27BrN4. The van der Waals surface area contributed by atoms with Crippen LogP contribution in [0, 0.1) is 5.92 Å². The molecule has 2 N–H and O–H groups in total. The lowest BCUT2D eigenvalue weighted by Gasteiger charge is -2.22. The van der Waals surface area contributed by atoms with Gasteiger partial charge >= 0.3 is 0 Å². The zero-order valence-corrected chi connectivity index (χ0v) is 15.5. The van der Waals surface area contributed by atoms with Crippen LogP contribution in [0.5, 0.6) is 0 Å². The normalized spacial score (nSPS) is 23.1. The van der Waals surface area contributed by atoms with Gasteiger partial charge in [-0.25, -0.2) is 0 Å². The van der Waals surface area contributed by atoms with Crippen molar-refractivity contribution in [1.29, 1.82) is 0 Å². The first kappa shape index (κ1) is 17.3. The third-order valence-electron chi connectivity index (χ3n) is 4.29. The Balaban J connectivity index is 1.86. The van der Waals surface area contributed by atoms with E-state index in [1.165, 1.54) is 5.56 Å². The molecule has 1 aliphatic rings. The predicted molar refractivity (Wildman–Crippen MR) is 97.1 cm³/mol. The van der Waals surface area contributed by atoms with Gasteiger partial charge in [0.25, 0.3) is 0 Å². The molecule has 2 atom stereocenters. The van der Waals surface area contributed by atoms with E-state index in [0.717, 1.165) is 30.1 Å². The number of nitrogens with zero attached hydrogens (tertiary/aromatic N) is 2. The average molecular weight is 367 g/mol. The molecule has 1 aromatic carbocycles. The molecule has 0 aliphatic carbocycles. The third-order valence-corrected chi connectivity index (χ3v) is 4.82. The van der Waals surface area contributed by atoms with E-state index in [2.05, 4.69) is 81.5 Å². The highest BCUT2D eigenvalue weighted by Gasteiger charge is 2.31. The minimum absolute atomic E-state index is 0.457. The molecule has 0 spiro atoms. The summed E-state index contributed by atoms with van der Waals surface area (Å²) in [5, 5.41) is 6.97. The van der Waals surface area contributed by atoms with Gasteiger partial charge in [0, 0.05) is 43.2 Å². The Morgan fingerprint density at radius 1 is 1.32 bits per heavy atom. The number of guanidine groups is 1. The maximum Gasteiger partial charge on any atom is 0.191 e. The topological polar surface area (TPSA) is 39.7 Å². The van der Waals surface area contributed by atoms with Gasteiger partial charge in [-0.2, -0.15) is 0 Å². The lowest BCUT2D eigenvalue weighted by Crippen LogP contribution is -2.46. The van der Waals surface area contributed by atoms with Gasteiger partial charge in [0.05, 0.1) is 0 Å². The van der Waals surface area contributed by atoms with Crippen LogP contribution in [0.1, 0.15) is 26.3 Å². The molecule has 1 aromatic rings. The van der Waals surface area contributed by atoms with Crippen molar-refractivity contribution in [2.24, 2.45) is 10.9 Å².